The van der Waals surface area contributed by atoms with Gasteiger partial charge in [0.15, 0.2) is 0 Å². The monoisotopic (exact) mass is 460 g/mol. The van der Waals surface area contributed by atoms with Gasteiger partial charge < -0.3 is 15.1 Å². The summed E-state index contributed by atoms with van der Waals surface area (Å²) in [6, 6.07) is 24.3. The van der Waals surface area contributed by atoms with E-state index < -0.39 is 12.0 Å². The average Bonchev–Trinajstić information content (AvgIpc) is 2.84. The van der Waals surface area contributed by atoms with Crippen LogP contribution in [-0.4, -0.2) is 27.1 Å². The van der Waals surface area contributed by atoms with Crippen LogP contribution in [0.2, 0.25) is 0 Å². The molecule has 1 heterocycles. The fourth-order valence-corrected chi connectivity index (χ4v) is 3.80. The molecule has 0 saturated heterocycles. The van der Waals surface area contributed by atoms with Crippen molar-refractivity contribution in [3.05, 3.63) is 103 Å². The highest BCUT2D eigenvalue weighted by atomic mass is 32.2. The first kappa shape index (κ1) is 22.3. The van der Waals surface area contributed by atoms with Crippen molar-refractivity contribution in [2.45, 2.75) is 17.4 Å². The van der Waals surface area contributed by atoms with Crippen LogP contribution in [-0.2, 0) is 11.2 Å². The summed E-state index contributed by atoms with van der Waals surface area (Å²) in [5.41, 5.74) is 3.35. The summed E-state index contributed by atoms with van der Waals surface area (Å²) in [4.78, 5) is 21.2. The van der Waals surface area contributed by atoms with Gasteiger partial charge in [0.25, 0.3) is 0 Å². The molecular weight excluding hydrogens is 439 g/mol. The van der Waals surface area contributed by atoms with Gasteiger partial charge in [-0.05, 0) is 53.9 Å². The second kappa shape index (κ2) is 10.6. The van der Waals surface area contributed by atoms with Crippen LogP contribution < -0.4 is 10.0 Å². The van der Waals surface area contributed by atoms with Crippen LogP contribution in [0.25, 0.3) is 11.3 Å². The molecule has 3 aromatic carbocycles. The van der Waals surface area contributed by atoms with E-state index in [0.717, 1.165) is 21.7 Å². The zero-order valence-corrected chi connectivity index (χ0v) is 18.3. The van der Waals surface area contributed by atoms with Gasteiger partial charge in [0.05, 0.1) is 5.69 Å². The topological polar surface area (TPSA) is 87.1 Å². The first-order chi connectivity index (χ1) is 16.1. The normalized spacial score (nSPS) is 11.5. The highest BCUT2D eigenvalue weighted by Gasteiger charge is 2.18. The zero-order valence-electron chi connectivity index (χ0n) is 17.5. The third-order valence-electron chi connectivity index (χ3n) is 4.85. The van der Waals surface area contributed by atoms with Gasteiger partial charge in [-0.15, -0.1) is 0 Å². The van der Waals surface area contributed by atoms with E-state index in [1.165, 1.54) is 30.4 Å². The van der Waals surface area contributed by atoms with Gasteiger partial charge in [-0.3, -0.25) is 0 Å². The largest absolute Gasteiger partial charge is 0.480 e. The Hall–Kier alpha value is -3.91. The molecule has 0 aliphatic rings. The van der Waals surface area contributed by atoms with E-state index >= 15 is 0 Å². The van der Waals surface area contributed by atoms with Gasteiger partial charge in [0, 0.05) is 28.6 Å². The van der Waals surface area contributed by atoms with Crippen molar-refractivity contribution in [1.29, 1.82) is 0 Å². The average molecular weight is 461 g/mol. The highest BCUT2D eigenvalue weighted by molar-refractivity contribution is 8.00. The minimum Gasteiger partial charge on any atom is -0.480 e. The highest BCUT2D eigenvalue weighted by Crippen LogP contribution is 2.25. The smallest absolute Gasteiger partial charge is 0.326 e. The lowest BCUT2D eigenvalue weighted by atomic mass is 10.1. The molecule has 1 atom stereocenters. The Bertz CT molecular complexity index is 1210. The third kappa shape index (κ3) is 6.30. The Kier molecular flexibility index (Phi) is 7.16. The quantitative estimate of drug-likeness (QED) is 0.284. The molecular formula is C25H21FN4O2S. The van der Waals surface area contributed by atoms with Crippen molar-refractivity contribution < 1.29 is 14.3 Å². The lowest BCUT2D eigenvalue weighted by molar-refractivity contribution is -0.137. The number of anilines is 2. The van der Waals surface area contributed by atoms with Gasteiger partial charge in [-0.25, -0.2) is 19.2 Å². The van der Waals surface area contributed by atoms with Crippen molar-refractivity contribution >= 4 is 29.4 Å². The van der Waals surface area contributed by atoms with Crippen LogP contribution in [0.5, 0.6) is 0 Å². The predicted octanol–water partition coefficient (Wildman–Crippen LogP) is 5.51. The van der Waals surface area contributed by atoms with E-state index in [9.17, 15) is 14.3 Å². The van der Waals surface area contributed by atoms with Crippen LogP contribution in [0.4, 0.5) is 15.9 Å². The van der Waals surface area contributed by atoms with Gasteiger partial charge in [0.1, 0.15) is 24.0 Å². The molecule has 0 bridgehead atoms. The van der Waals surface area contributed by atoms with E-state index in [-0.39, 0.29) is 5.82 Å². The van der Waals surface area contributed by atoms with Crippen molar-refractivity contribution in [3.63, 3.8) is 0 Å². The van der Waals surface area contributed by atoms with Crippen LogP contribution >= 0.6 is 11.9 Å². The number of carbonyl (C=O) groups is 1. The molecule has 4 aromatic rings. The summed E-state index contributed by atoms with van der Waals surface area (Å²) in [5, 5.41) is 12.6. The Morgan fingerprint density at radius 3 is 2.39 bits per heavy atom. The van der Waals surface area contributed by atoms with Crippen molar-refractivity contribution in [1.82, 2.24) is 9.97 Å². The predicted molar refractivity (Wildman–Crippen MR) is 129 cm³/mol. The lowest BCUT2D eigenvalue weighted by Crippen LogP contribution is -2.31. The number of rotatable bonds is 9. The molecule has 1 unspecified atom stereocenters. The van der Waals surface area contributed by atoms with Gasteiger partial charge in [-0.1, -0.05) is 42.5 Å². The molecule has 0 radical (unpaired) electrons. The number of nitrogens with one attached hydrogen (secondary N) is 2. The Morgan fingerprint density at radius 2 is 1.70 bits per heavy atom. The number of nitrogens with zero attached hydrogens (tertiary/aromatic N) is 2. The molecule has 1 aromatic heterocycles. The summed E-state index contributed by atoms with van der Waals surface area (Å²) in [7, 11) is 0. The van der Waals surface area contributed by atoms with E-state index in [1.807, 2.05) is 54.6 Å². The molecule has 166 valence electrons. The number of aliphatic carboxylic acids is 1. The fourth-order valence-electron chi connectivity index (χ4n) is 3.15. The molecule has 0 amide bonds. The van der Waals surface area contributed by atoms with Crippen molar-refractivity contribution in [2.75, 3.05) is 10.0 Å². The molecule has 6 nitrogen and oxygen atoms in total. The Morgan fingerprint density at radius 1 is 0.970 bits per heavy atom. The minimum absolute atomic E-state index is 0.267. The lowest BCUT2D eigenvalue weighted by Gasteiger charge is -2.15. The SMILES string of the molecule is O=C(O)C(Cc1ccccc1)Nc1cc(-c2ccc(NSc3ccc(F)cc3)cc2)ncn1. The maximum absolute atomic E-state index is 13.0. The van der Waals surface area contributed by atoms with Crippen LogP contribution in [0.3, 0.4) is 0 Å². The van der Waals surface area contributed by atoms with E-state index in [4.69, 9.17) is 0 Å². The van der Waals surface area contributed by atoms with E-state index in [1.54, 1.807) is 18.2 Å². The summed E-state index contributed by atoms with van der Waals surface area (Å²) >= 11 is 1.39. The maximum Gasteiger partial charge on any atom is 0.326 e. The summed E-state index contributed by atoms with van der Waals surface area (Å²) in [6.45, 7) is 0. The van der Waals surface area contributed by atoms with E-state index in [2.05, 4.69) is 20.0 Å². The number of benzene rings is 3. The molecule has 4 rings (SSSR count). The minimum atomic E-state index is -0.951. The zero-order chi connectivity index (χ0) is 23.0. The number of carboxylic acid groups (broad SMARTS) is 1. The molecule has 0 spiro atoms. The van der Waals surface area contributed by atoms with Crippen molar-refractivity contribution in [2.24, 2.45) is 0 Å². The van der Waals surface area contributed by atoms with Crippen LogP contribution in [0, 0.1) is 5.82 Å². The summed E-state index contributed by atoms with van der Waals surface area (Å²) < 4.78 is 16.2. The first-order valence-corrected chi connectivity index (χ1v) is 11.0. The number of halogens is 1. The van der Waals surface area contributed by atoms with Gasteiger partial charge >= 0.3 is 5.97 Å². The first-order valence-electron chi connectivity index (χ1n) is 10.2. The van der Waals surface area contributed by atoms with Gasteiger partial charge in [-0.2, -0.15) is 0 Å². The standard InChI is InChI=1S/C25H21FN4O2S/c26-19-8-12-21(13-9-19)33-30-20-10-6-18(7-11-20)22-15-24(28-16-27-22)29-23(25(31)32)14-17-4-2-1-3-5-17/h1-13,15-16,23,30H,14H2,(H,31,32)(H,27,28,29). The second-order valence-corrected chi connectivity index (χ2v) is 8.13. The maximum atomic E-state index is 13.0. The molecule has 3 N–H and O–H groups in total. The molecule has 33 heavy (non-hydrogen) atoms. The van der Waals surface area contributed by atoms with E-state index in [0.29, 0.717) is 17.9 Å². The number of carboxylic acids is 1. The molecule has 0 aliphatic carbocycles. The third-order valence-corrected chi connectivity index (χ3v) is 5.70. The van der Waals surface area contributed by atoms with Crippen LogP contribution in [0.1, 0.15) is 5.56 Å². The molecule has 0 saturated carbocycles. The fraction of sp³-hybridized carbons (Fsp3) is 0.0800. The molecule has 0 fully saturated rings. The Labute approximate surface area is 195 Å². The van der Waals surface area contributed by atoms with Crippen molar-refractivity contribution in [3.8, 4) is 11.3 Å². The second-order valence-electron chi connectivity index (χ2n) is 7.25. The summed E-state index contributed by atoms with van der Waals surface area (Å²) in [5.74, 6) is -0.775. The number of hydrogen-bond donors (Lipinski definition) is 3. The number of hydrogen-bond acceptors (Lipinski definition) is 6. The molecule has 8 heteroatoms. The van der Waals surface area contributed by atoms with Gasteiger partial charge in [0.2, 0.25) is 0 Å². The molecule has 0 aliphatic heterocycles. The van der Waals surface area contributed by atoms with Crippen LogP contribution in [0.15, 0.2) is 96.2 Å². The summed E-state index contributed by atoms with van der Waals surface area (Å²) in [6.07, 6.45) is 1.75. The number of aromatic nitrogens is 2. The Balaban J connectivity index is 1.42.